The maximum atomic E-state index is 10.6. The van der Waals surface area contributed by atoms with Gasteiger partial charge in [-0.2, -0.15) is 5.06 Å². The molecule has 0 amide bonds. The van der Waals surface area contributed by atoms with E-state index < -0.39 is 0 Å². The lowest BCUT2D eigenvalue weighted by Gasteiger charge is -2.22. The predicted molar refractivity (Wildman–Crippen MR) is 47.5 cm³/mol. The fraction of sp³-hybridized carbons (Fsp3) is 0.429. The quantitative estimate of drug-likeness (QED) is 0.739. The number of hydrogen-bond donors (Lipinski definition) is 1. The van der Waals surface area contributed by atoms with Crippen molar-refractivity contribution in [2.24, 2.45) is 0 Å². The molecule has 0 bridgehead atoms. The molecule has 1 aromatic heterocycles. The van der Waals surface area contributed by atoms with Crippen LogP contribution in [-0.2, 0) is 13.1 Å². The van der Waals surface area contributed by atoms with Crippen molar-refractivity contribution in [1.29, 1.82) is 0 Å². The molecule has 0 saturated heterocycles. The van der Waals surface area contributed by atoms with E-state index in [0.29, 0.717) is 36.3 Å². The van der Waals surface area contributed by atoms with E-state index in [-0.39, 0.29) is 0 Å². The molecule has 0 spiro atoms. The van der Waals surface area contributed by atoms with Crippen LogP contribution in [0, 0.1) is 0 Å². The summed E-state index contributed by atoms with van der Waals surface area (Å²) < 4.78 is 2.54. The van der Waals surface area contributed by atoms with Gasteiger partial charge in [0.25, 0.3) is 0 Å². The Bertz CT molecular complexity index is 350. The van der Waals surface area contributed by atoms with E-state index in [1.807, 2.05) is 4.57 Å². The monoisotopic (exact) mass is 245 g/mol. The molecule has 0 fully saturated rings. The standard InChI is InChI=1S/C7H8BrN3O2/c8-7-9-5(4-12)6-3-10(13)1-2-11(6)7/h4,13H,1-3H2. The van der Waals surface area contributed by atoms with Gasteiger partial charge in [0.2, 0.25) is 0 Å². The van der Waals surface area contributed by atoms with Crippen molar-refractivity contribution >= 4 is 22.2 Å². The van der Waals surface area contributed by atoms with Crippen LogP contribution >= 0.6 is 15.9 Å². The molecule has 0 saturated carbocycles. The van der Waals surface area contributed by atoms with Gasteiger partial charge in [0, 0.05) is 13.1 Å². The molecule has 2 rings (SSSR count). The van der Waals surface area contributed by atoms with Crippen molar-refractivity contribution in [2.45, 2.75) is 13.1 Å². The zero-order valence-corrected chi connectivity index (χ0v) is 8.36. The van der Waals surface area contributed by atoms with Crippen molar-refractivity contribution in [1.82, 2.24) is 14.6 Å². The largest absolute Gasteiger partial charge is 0.319 e. The summed E-state index contributed by atoms with van der Waals surface area (Å²) in [5.41, 5.74) is 1.15. The summed E-state index contributed by atoms with van der Waals surface area (Å²) in [6.45, 7) is 1.56. The van der Waals surface area contributed by atoms with Crippen LogP contribution in [0.2, 0.25) is 0 Å². The second kappa shape index (κ2) is 3.21. The van der Waals surface area contributed by atoms with Crippen molar-refractivity contribution in [3.63, 3.8) is 0 Å². The number of aromatic nitrogens is 2. The molecule has 6 heteroatoms. The van der Waals surface area contributed by atoms with Crippen LogP contribution in [0.25, 0.3) is 0 Å². The first kappa shape index (κ1) is 8.86. The Morgan fingerprint density at radius 2 is 2.31 bits per heavy atom. The second-order valence-electron chi connectivity index (χ2n) is 2.87. The number of fused-ring (bicyclic) bond motifs is 1. The average molecular weight is 246 g/mol. The summed E-state index contributed by atoms with van der Waals surface area (Å²) in [4.78, 5) is 14.6. The van der Waals surface area contributed by atoms with Gasteiger partial charge in [0.15, 0.2) is 11.0 Å². The Balaban J connectivity index is 2.48. The highest BCUT2D eigenvalue weighted by Gasteiger charge is 2.21. The predicted octanol–water partition coefficient (Wildman–Crippen LogP) is 0.663. The van der Waals surface area contributed by atoms with E-state index in [1.54, 1.807) is 0 Å². The SMILES string of the molecule is O=Cc1nc(Br)n2c1CN(O)CC2. The van der Waals surface area contributed by atoms with E-state index in [0.717, 1.165) is 5.69 Å². The summed E-state index contributed by atoms with van der Waals surface area (Å²) in [6, 6.07) is 0. The lowest BCUT2D eigenvalue weighted by Crippen LogP contribution is -2.31. The van der Waals surface area contributed by atoms with Gasteiger partial charge in [0.05, 0.1) is 12.2 Å². The first-order valence-corrected chi connectivity index (χ1v) is 4.65. The van der Waals surface area contributed by atoms with Crippen LogP contribution in [0.15, 0.2) is 4.73 Å². The molecule has 1 aromatic rings. The lowest BCUT2D eigenvalue weighted by atomic mass is 10.3. The zero-order chi connectivity index (χ0) is 9.42. The van der Waals surface area contributed by atoms with Gasteiger partial charge in [-0.15, -0.1) is 0 Å². The van der Waals surface area contributed by atoms with Crippen molar-refractivity contribution < 1.29 is 10.0 Å². The number of rotatable bonds is 1. The molecular weight excluding hydrogens is 238 g/mol. The number of imidazole rings is 1. The van der Waals surface area contributed by atoms with Gasteiger partial charge in [-0.3, -0.25) is 4.79 Å². The third-order valence-electron chi connectivity index (χ3n) is 2.08. The minimum Gasteiger partial charge on any atom is -0.319 e. The van der Waals surface area contributed by atoms with E-state index in [1.165, 1.54) is 5.06 Å². The van der Waals surface area contributed by atoms with Crippen molar-refractivity contribution in [3.8, 4) is 0 Å². The van der Waals surface area contributed by atoms with Gasteiger partial charge < -0.3 is 9.77 Å². The highest BCUT2D eigenvalue weighted by molar-refractivity contribution is 9.10. The molecule has 5 nitrogen and oxygen atoms in total. The van der Waals surface area contributed by atoms with Crippen molar-refractivity contribution in [3.05, 3.63) is 16.1 Å². The summed E-state index contributed by atoms with van der Waals surface area (Å²) in [5.74, 6) is 0. The minimum atomic E-state index is 0.354. The Morgan fingerprint density at radius 1 is 1.54 bits per heavy atom. The first-order valence-electron chi connectivity index (χ1n) is 3.86. The topological polar surface area (TPSA) is 58.4 Å². The molecule has 2 heterocycles. The summed E-state index contributed by atoms with van der Waals surface area (Å²) in [7, 11) is 0. The normalized spacial score (nSPS) is 17.1. The van der Waals surface area contributed by atoms with Gasteiger partial charge >= 0.3 is 0 Å². The van der Waals surface area contributed by atoms with Crippen LogP contribution in [0.5, 0.6) is 0 Å². The fourth-order valence-corrected chi connectivity index (χ4v) is 2.01. The number of aldehydes is 1. The Hall–Kier alpha value is -0.720. The fourth-order valence-electron chi connectivity index (χ4n) is 1.43. The number of nitrogens with zero attached hydrogens (tertiary/aromatic N) is 3. The number of hydrogen-bond acceptors (Lipinski definition) is 4. The van der Waals surface area contributed by atoms with Crippen LogP contribution < -0.4 is 0 Å². The van der Waals surface area contributed by atoms with Gasteiger partial charge in [-0.25, -0.2) is 4.98 Å². The number of halogens is 1. The molecule has 70 valence electrons. The van der Waals surface area contributed by atoms with Crippen LogP contribution in [0.1, 0.15) is 16.2 Å². The molecule has 13 heavy (non-hydrogen) atoms. The molecule has 1 aliphatic rings. The lowest BCUT2D eigenvalue weighted by molar-refractivity contribution is -0.111. The smallest absolute Gasteiger partial charge is 0.178 e. The number of carbonyl (C=O) groups excluding carboxylic acids is 1. The summed E-state index contributed by atoms with van der Waals surface area (Å²) in [5, 5.41) is 10.4. The zero-order valence-electron chi connectivity index (χ0n) is 6.77. The highest BCUT2D eigenvalue weighted by Crippen LogP contribution is 2.20. The Morgan fingerprint density at radius 3 is 3.00 bits per heavy atom. The first-order chi connectivity index (χ1) is 6.22. The van der Waals surface area contributed by atoms with E-state index in [2.05, 4.69) is 20.9 Å². The molecule has 0 unspecified atom stereocenters. The van der Waals surface area contributed by atoms with E-state index >= 15 is 0 Å². The Labute approximate surface area is 83.1 Å². The highest BCUT2D eigenvalue weighted by atomic mass is 79.9. The second-order valence-corrected chi connectivity index (χ2v) is 3.58. The van der Waals surface area contributed by atoms with Gasteiger partial charge in [0.1, 0.15) is 5.69 Å². The molecule has 1 N–H and O–H groups in total. The molecular formula is C7H8BrN3O2. The Kier molecular flexibility index (Phi) is 2.19. The van der Waals surface area contributed by atoms with Gasteiger partial charge in [-0.05, 0) is 15.9 Å². The van der Waals surface area contributed by atoms with E-state index in [9.17, 15) is 10.0 Å². The van der Waals surface area contributed by atoms with Crippen LogP contribution in [0.3, 0.4) is 0 Å². The van der Waals surface area contributed by atoms with E-state index in [4.69, 9.17) is 0 Å². The average Bonchev–Trinajstić information content (AvgIpc) is 2.42. The third-order valence-corrected chi connectivity index (χ3v) is 2.69. The van der Waals surface area contributed by atoms with Gasteiger partial charge in [-0.1, -0.05) is 0 Å². The maximum Gasteiger partial charge on any atom is 0.178 e. The maximum absolute atomic E-state index is 10.6. The molecule has 1 aliphatic heterocycles. The summed E-state index contributed by atoms with van der Waals surface area (Å²) in [6.07, 6.45) is 0.704. The number of hydroxylamine groups is 2. The molecule has 0 radical (unpaired) electrons. The summed E-state index contributed by atoms with van der Waals surface area (Å²) >= 11 is 3.26. The van der Waals surface area contributed by atoms with Crippen LogP contribution in [0.4, 0.5) is 0 Å². The van der Waals surface area contributed by atoms with Crippen LogP contribution in [-0.4, -0.2) is 32.7 Å². The molecule has 0 atom stereocenters. The minimum absolute atomic E-state index is 0.354. The molecule has 0 aliphatic carbocycles. The number of carbonyl (C=O) groups is 1. The third kappa shape index (κ3) is 1.41. The van der Waals surface area contributed by atoms with Crippen molar-refractivity contribution in [2.75, 3.05) is 6.54 Å². The molecule has 0 aromatic carbocycles.